The van der Waals surface area contributed by atoms with E-state index in [1.54, 1.807) is 0 Å². The molecule has 88 valence electrons. The Balaban J connectivity index is 1.97. The third-order valence-corrected chi connectivity index (χ3v) is 3.17. The first-order chi connectivity index (χ1) is 7.78. The van der Waals surface area contributed by atoms with Gasteiger partial charge in [0, 0.05) is 12.6 Å². The molecule has 1 aliphatic carbocycles. The maximum absolute atomic E-state index is 5.90. The lowest BCUT2D eigenvalue weighted by atomic mass is 9.89. The fraction of sp³-hybridized carbons (Fsp3) is 0.615. The van der Waals surface area contributed by atoms with Crippen LogP contribution >= 0.6 is 0 Å². The summed E-state index contributed by atoms with van der Waals surface area (Å²) in [5, 5.41) is 0. The number of ether oxygens (including phenoxy) is 1. The molecule has 2 N–H and O–H groups in total. The van der Waals surface area contributed by atoms with E-state index >= 15 is 0 Å². The quantitative estimate of drug-likeness (QED) is 0.851. The van der Waals surface area contributed by atoms with Gasteiger partial charge < -0.3 is 10.5 Å². The highest BCUT2D eigenvalue weighted by Gasteiger charge is 2.20. The van der Waals surface area contributed by atoms with Crippen LogP contribution in [0.3, 0.4) is 0 Å². The second kappa shape index (κ2) is 5.30. The fourth-order valence-corrected chi connectivity index (χ4v) is 2.29. The fourth-order valence-electron chi connectivity index (χ4n) is 2.29. The van der Waals surface area contributed by atoms with Gasteiger partial charge in [0.05, 0.1) is 5.69 Å². The maximum Gasteiger partial charge on any atom is 0.213 e. The molecule has 1 fully saturated rings. The molecule has 3 heteroatoms. The number of nitrogens with zero attached hydrogens (tertiary/aromatic N) is 1. The van der Waals surface area contributed by atoms with Crippen molar-refractivity contribution < 1.29 is 4.74 Å². The average molecular weight is 220 g/mol. The zero-order valence-corrected chi connectivity index (χ0v) is 9.86. The Morgan fingerprint density at radius 3 is 3.06 bits per heavy atom. The van der Waals surface area contributed by atoms with E-state index in [0.717, 1.165) is 30.3 Å². The summed E-state index contributed by atoms with van der Waals surface area (Å²) < 4.78 is 5.90. The van der Waals surface area contributed by atoms with E-state index in [2.05, 4.69) is 11.9 Å². The summed E-state index contributed by atoms with van der Waals surface area (Å²) in [6.45, 7) is 2.76. The van der Waals surface area contributed by atoms with E-state index in [4.69, 9.17) is 10.5 Å². The van der Waals surface area contributed by atoms with Crippen LogP contribution in [0.25, 0.3) is 0 Å². The summed E-state index contributed by atoms with van der Waals surface area (Å²) in [7, 11) is 0. The van der Waals surface area contributed by atoms with Gasteiger partial charge in [-0.05, 0) is 31.2 Å². The first-order valence-electron chi connectivity index (χ1n) is 6.10. The van der Waals surface area contributed by atoms with Crippen LogP contribution in [0.2, 0.25) is 0 Å². The van der Waals surface area contributed by atoms with Crippen molar-refractivity contribution in [3.8, 4) is 5.88 Å². The molecule has 0 bridgehead atoms. The Labute approximate surface area is 97.0 Å². The molecule has 1 aromatic rings. The van der Waals surface area contributed by atoms with E-state index in [-0.39, 0.29) is 0 Å². The Hall–Kier alpha value is -1.09. The van der Waals surface area contributed by atoms with Crippen molar-refractivity contribution in [1.29, 1.82) is 0 Å². The largest absolute Gasteiger partial charge is 0.474 e. The zero-order valence-electron chi connectivity index (χ0n) is 9.86. The Bertz CT molecular complexity index is 340. The maximum atomic E-state index is 5.90. The van der Waals surface area contributed by atoms with Crippen LogP contribution in [0.15, 0.2) is 18.2 Å². The highest BCUT2D eigenvalue weighted by atomic mass is 16.5. The minimum atomic E-state index is 0.337. The molecule has 1 saturated carbocycles. The van der Waals surface area contributed by atoms with Gasteiger partial charge in [-0.2, -0.15) is 0 Å². The molecule has 2 atom stereocenters. The first kappa shape index (κ1) is 11.4. The molecule has 3 nitrogen and oxygen atoms in total. The standard InChI is InChI=1S/C13H20N2O/c1-10-4-2-6-12(8-10)16-13-7-3-5-11(9-14)15-13/h3,5,7,10,12H,2,4,6,8-9,14H2,1H3. The van der Waals surface area contributed by atoms with E-state index in [9.17, 15) is 0 Å². The van der Waals surface area contributed by atoms with Gasteiger partial charge in [-0.25, -0.2) is 4.98 Å². The van der Waals surface area contributed by atoms with Gasteiger partial charge in [0.15, 0.2) is 0 Å². The molecule has 0 aromatic carbocycles. The number of aromatic nitrogens is 1. The van der Waals surface area contributed by atoms with Crippen molar-refractivity contribution in [3.05, 3.63) is 23.9 Å². The lowest BCUT2D eigenvalue weighted by Gasteiger charge is -2.26. The van der Waals surface area contributed by atoms with Gasteiger partial charge in [0.1, 0.15) is 6.10 Å². The summed E-state index contributed by atoms with van der Waals surface area (Å²) in [6.07, 6.45) is 5.23. The molecule has 16 heavy (non-hydrogen) atoms. The highest BCUT2D eigenvalue weighted by Crippen LogP contribution is 2.26. The number of hydrogen-bond donors (Lipinski definition) is 1. The van der Waals surface area contributed by atoms with Crippen LogP contribution in [0.1, 0.15) is 38.3 Å². The molecular formula is C13H20N2O. The Kier molecular flexibility index (Phi) is 3.78. The van der Waals surface area contributed by atoms with E-state index in [0.29, 0.717) is 12.6 Å². The smallest absolute Gasteiger partial charge is 0.213 e. The van der Waals surface area contributed by atoms with Crippen LogP contribution in [-0.4, -0.2) is 11.1 Å². The number of pyridine rings is 1. The lowest BCUT2D eigenvalue weighted by molar-refractivity contribution is 0.123. The van der Waals surface area contributed by atoms with Crippen molar-refractivity contribution in [3.63, 3.8) is 0 Å². The van der Waals surface area contributed by atoms with Crippen LogP contribution in [0.5, 0.6) is 5.88 Å². The summed E-state index contributed by atoms with van der Waals surface area (Å²) in [6, 6.07) is 5.80. The second-order valence-electron chi connectivity index (χ2n) is 4.68. The molecular weight excluding hydrogens is 200 g/mol. The lowest BCUT2D eigenvalue weighted by Crippen LogP contribution is -2.24. The van der Waals surface area contributed by atoms with Gasteiger partial charge in [-0.1, -0.05) is 19.4 Å². The minimum Gasteiger partial charge on any atom is -0.474 e. The van der Waals surface area contributed by atoms with Crippen LogP contribution < -0.4 is 10.5 Å². The van der Waals surface area contributed by atoms with Crippen LogP contribution in [0.4, 0.5) is 0 Å². The molecule has 0 amide bonds. The van der Waals surface area contributed by atoms with Crippen molar-refractivity contribution >= 4 is 0 Å². The first-order valence-corrected chi connectivity index (χ1v) is 6.10. The highest BCUT2D eigenvalue weighted by molar-refractivity contribution is 5.15. The molecule has 1 aromatic heterocycles. The van der Waals surface area contributed by atoms with Crippen molar-refractivity contribution in [2.45, 2.75) is 45.3 Å². The van der Waals surface area contributed by atoms with E-state index in [1.165, 1.54) is 12.8 Å². The van der Waals surface area contributed by atoms with Crippen LogP contribution in [0, 0.1) is 5.92 Å². The third-order valence-electron chi connectivity index (χ3n) is 3.17. The molecule has 0 saturated heterocycles. The molecule has 0 spiro atoms. The van der Waals surface area contributed by atoms with Gasteiger partial charge in [-0.15, -0.1) is 0 Å². The predicted molar refractivity (Wildman–Crippen MR) is 64.2 cm³/mol. The van der Waals surface area contributed by atoms with Gasteiger partial charge in [-0.3, -0.25) is 0 Å². The summed E-state index contributed by atoms with van der Waals surface area (Å²) in [5.41, 5.74) is 6.45. The molecule has 2 rings (SSSR count). The van der Waals surface area contributed by atoms with Crippen molar-refractivity contribution in [1.82, 2.24) is 4.98 Å². The molecule has 0 radical (unpaired) electrons. The van der Waals surface area contributed by atoms with Gasteiger partial charge in [0.2, 0.25) is 5.88 Å². The van der Waals surface area contributed by atoms with Crippen molar-refractivity contribution in [2.75, 3.05) is 0 Å². The number of hydrogen-bond acceptors (Lipinski definition) is 3. The molecule has 0 aliphatic heterocycles. The topological polar surface area (TPSA) is 48.1 Å². The van der Waals surface area contributed by atoms with E-state index in [1.807, 2.05) is 18.2 Å². The Morgan fingerprint density at radius 1 is 1.44 bits per heavy atom. The number of nitrogens with two attached hydrogens (primary N) is 1. The normalized spacial score (nSPS) is 25.4. The van der Waals surface area contributed by atoms with Gasteiger partial charge in [0.25, 0.3) is 0 Å². The molecule has 2 unspecified atom stereocenters. The SMILES string of the molecule is CC1CCCC(Oc2cccc(CN)n2)C1. The van der Waals surface area contributed by atoms with Gasteiger partial charge >= 0.3 is 0 Å². The second-order valence-corrected chi connectivity index (χ2v) is 4.68. The van der Waals surface area contributed by atoms with E-state index < -0.39 is 0 Å². The zero-order chi connectivity index (χ0) is 11.4. The predicted octanol–water partition coefficient (Wildman–Crippen LogP) is 2.50. The van der Waals surface area contributed by atoms with Crippen molar-refractivity contribution in [2.24, 2.45) is 11.7 Å². The summed E-state index contributed by atoms with van der Waals surface area (Å²) in [4.78, 5) is 4.36. The monoisotopic (exact) mass is 220 g/mol. The average Bonchev–Trinajstić information content (AvgIpc) is 2.29. The molecule has 1 heterocycles. The Morgan fingerprint density at radius 2 is 2.31 bits per heavy atom. The minimum absolute atomic E-state index is 0.337. The number of rotatable bonds is 3. The molecule has 1 aliphatic rings. The summed E-state index contributed by atoms with van der Waals surface area (Å²) >= 11 is 0. The van der Waals surface area contributed by atoms with Crippen LogP contribution in [-0.2, 0) is 6.54 Å². The third kappa shape index (κ3) is 2.95. The summed E-state index contributed by atoms with van der Waals surface area (Å²) in [5.74, 6) is 1.50.